The summed E-state index contributed by atoms with van der Waals surface area (Å²) in [4.78, 5) is 22.2. The minimum Gasteiger partial charge on any atom is -0.541 e. The lowest BCUT2D eigenvalue weighted by Gasteiger charge is -2.02. The number of ketones is 1. The van der Waals surface area contributed by atoms with Gasteiger partial charge in [-0.1, -0.05) is 18.2 Å². The highest BCUT2D eigenvalue weighted by atomic mass is 16.4. The fourth-order valence-corrected chi connectivity index (χ4v) is 1.96. The molecule has 5 nitrogen and oxygen atoms in total. The number of Topliss-reactive ketones (excluding diaryl/α,β-unsaturated/α-hetero) is 1. The van der Waals surface area contributed by atoms with Gasteiger partial charge >= 0.3 is 0 Å². The summed E-state index contributed by atoms with van der Waals surface area (Å²) in [5.41, 5.74) is 0.902. The smallest absolute Gasteiger partial charge is 0.210 e. The third-order valence-corrected chi connectivity index (χ3v) is 2.78. The van der Waals surface area contributed by atoms with Crippen molar-refractivity contribution in [1.29, 1.82) is 0 Å². The molecule has 0 radical (unpaired) electrons. The Morgan fingerprint density at radius 2 is 2.00 bits per heavy atom. The van der Waals surface area contributed by atoms with Crippen LogP contribution in [0.2, 0.25) is 0 Å². The maximum atomic E-state index is 11.5. The van der Waals surface area contributed by atoms with Gasteiger partial charge in [0.25, 0.3) is 0 Å². The first kappa shape index (κ1) is 12.3. The van der Waals surface area contributed by atoms with E-state index in [2.05, 4.69) is 0 Å². The van der Waals surface area contributed by atoms with Crippen molar-refractivity contribution in [2.75, 3.05) is 6.61 Å². The molecule has 1 heterocycles. The number of carbonyl (C=O) groups is 2. The summed E-state index contributed by atoms with van der Waals surface area (Å²) in [5, 5.41) is 20.1. The predicted molar refractivity (Wildman–Crippen MR) is 63.0 cm³/mol. The second-order valence-corrected chi connectivity index (χ2v) is 3.95. The second-order valence-electron chi connectivity index (χ2n) is 3.95. The molecular formula is C13H12NO4-. The molecule has 18 heavy (non-hydrogen) atoms. The van der Waals surface area contributed by atoms with Crippen molar-refractivity contribution in [3.05, 3.63) is 36.0 Å². The molecule has 0 atom stereocenters. The number of carbonyl (C=O) groups excluding carboxylic acids is 2. The normalized spacial score (nSPS) is 10.7. The Labute approximate surface area is 103 Å². The summed E-state index contributed by atoms with van der Waals surface area (Å²) in [6.45, 7) is 0.563. The van der Waals surface area contributed by atoms with E-state index in [1.807, 2.05) is 6.07 Å². The van der Waals surface area contributed by atoms with Gasteiger partial charge in [-0.3, -0.25) is 4.79 Å². The van der Waals surface area contributed by atoms with Crippen molar-refractivity contribution in [2.24, 2.45) is 0 Å². The molecule has 1 aromatic heterocycles. The van der Waals surface area contributed by atoms with E-state index in [0.717, 1.165) is 5.52 Å². The molecule has 2 rings (SSSR count). The molecular weight excluding hydrogens is 234 g/mol. The van der Waals surface area contributed by atoms with E-state index in [-0.39, 0.29) is 12.2 Å². The van der Waals surface area contributed by atoms with E-state index in [9.17, 15) is 14.7 Å². The van der Waals surface area contributed by atoms with Crippen LogP contribution in [-0.2, 0) is 11.3 Å². The van der Waals surface area contributed by atoms with Crippen LogP contribution >= 0.6 is 0 Å². The van der Waals surface area contributed by atoms with Crippen molar-refractivity contribution in [3.8, 4) is 0 Å². The number of aliphatic hydroxyl groups excluding tert-OH is 1. The highest BCUT2D eigenvalue weighted by Gasteiger charge is 2.15. The van der Waals surface area contributed by atoms with E-state index >= 15 is 0 Å². The van der Waals surface area contributed by atoms with Gasteiger partial charge in [0.05, 0.1) is 0 Å². The predicted octanol–water partition coefficient (Wildman–Crippen LogP) is -0.0437. The van der Waals surface area contributed by atoms with Gasteiger partial charge in [0.1, 0.15) is 5.97 Å². The van der Waals surface area contributed by atoms with Gasteiger partial charge in [-0.05, 0) is 12.5 Å². The van der Waals surface area contributed by atoms with E-state index in [1.165, 1.54) is 6.20 Å². The van der Waals surface area contributed by atoms with Crippen LogP contribution in [0.4, 0.5) is 0 Å². The first-order valence-corrected chi connectivity index (χ1v) is 5.59. The summed E-state index contributed by atoms with van der Waals surface area (Å²) in [6, 6.07) is 7.05. The van der Waals surface area contributed by atoms with Gasteiger partial charge < -0.3 is 19.6 Å². The lowest BCUT2D eigenvalue weighted by molar-refractivity contribution is -0.296. The largest absolute Gasteiger partial charge is 0.541 e. The number of fused-ring (bicyclic) bond motifs is 1. The first-order valence-electron chi connectivity index (χ1n) is 5.59. The zero-order chi connectivity index (χ0) is 13.1. The van der Waals surface area contributed by atoms with Gasteiger partial charge in [0.15, 0.2) is 0 Å². The van der Waals surface area contributed by atoms with E-state index in [4.69, 9.17) is 5.11 Å². The summed E-state index contributed by atoms with van der Waals surface area (Å²) in [5.74, 6) is -2.73. The topological polar surface area (TPSA) is 82.4 Å². The summed E-state index contributed by atoms with van der Waals surface area (Å²) < 4.78 is 1.77. The standard InChI is InChI=1S/C13H13NO4/c15-7-3-6-14-8-10(12(16)13(17)18)9-4-1-2-5-11(9)14/h1-2,4-5,8,15H,3,6-7H2,(H,17,18)/p-1. The van der Waals surface area contributed by atoms with Crippen molar-refractivity contribution in [1.82, 2.24) is 4.57 Å². The molecule has 2 aromatic rings. The third kappa shape index (κ3) is 2.12. The van der Waals surface area contributed by atoms with Crippen LogP contribution in [0.15, 0.2) is 30.5 Å². The van der Waals surface area contributed by atoms with Crippen molar-refractivity contribution in [3.63, 3.8) is 0 Å². The SMILES string of the molecule is O=C([O-])C(=O)c1cn(CCCO)c2ccccc12. The maximum absolute atomic E-state index is 11.5. The molecule has 0 bridgehead atoms. The summed E-state index contributed by atoms with van der Waals surface area (Å²) in [6.07, 6.45) is 2.04. The molecule has 0 spiro atoms. The zero-order valence-electron chi connectivity index (χ0n) is 9.63. The molecule has 1 N–H and O–H groups in total. The second kappa shape index (κ2) is 5.01. The number of carboxylic acid groups (broad SMARTS) is 1. The van der Waals surface area contributed by atoms with Crippen LogP contribution in [0, 0.1) is 0 Å². The number of aliphatic carboxylic acids is 1. The van der Waals surface area contributed by atoms with Crippen molar-refractivity contribution >= 4 is 22.7 Å². The molecule has 0 saturated carbocycles. The van der Waals surface area contributed by atoms with Crippen molar-refractivity contribution < 1.29 is 19.8 Å². The number of aromatic nitrogens is 1. The lowest BCUT2D eigenvalue weighted by atomic mass is 10.1. The number of hydrogen-bond donors (Lipinski definition) is 1. The van der Waals surface area contributed by atoms with Crippen LogP contribution in [0.1, 0.15) is 16.8 Å². The Hall–Kier alpha value is -2.14. The van der Waals surface area contributed by atoms with Crippen LogP contribution in [-0.4, -0.2) is 28.0 Å². The molecule has 94 valence electrons. The monoisotopic (exact) mass is 246 g/mol. The molecule has 0 fully saturated rings. The van der Waals surface area contributed by atoms with Gasteiger partial charge in [-0.2, -0.15) is 0 Å². The number of hydrogen-bond acceptors (Lipinski definition) is 4. The van der Waals surface area contributed by atoms with Gasteiger partial charge in [-0.25, -0.2) is 0 Å². The number of carboxylic acids is 1. The molecule has 0 aliphatic carbocycles. The molecule has 1 aromatic carbocycles. The summed E-state index contributed by atoms with van der Waals surface area (Å²) in [7, 11) is 0. The van der Waals surface area contributed by atoms with E-state index < -0.39 is 11.8 Å². The molecule has 5 heteroatoms. The Bertz CT molecular complexity index is 600. The average Bonchev–Trinajstić information content (AvgIpc) is 2.74. The van der Waals surface area contributed by atoms with Gasteiger partial charge in [0.2, 0.25) is 5.78 Å². The maximum Gasteiger partial charge on any atom is 0.210 e. The molecule has 0 unspecified atom stereocenters. The Balaban J connectivity index is 2.54. The average molecular weight is 246 g/mol. The number of para-hydroxylation sites is 1. The highest BCUT2D eigenvalue weighted by Crippen LogP contribution is 2.22. The molecule has 0 saturated heterocycles. The van der Waals surface area contributed by atoms with Crippen LogP contribution in [0.5, 0.6) is 0 Å². The highest BCUT2D eigenvalue weighted by molar-refractivity contribution is 6.41. The van der Waals surface area contributed by atoms with Gasteiger partial charge in [0, 0.05) is 35.8 Å². The number of nitrogens with zero attached hydrogens (tertiary/aromatic N) is 1. The van der Waals surface area contributed by atoms with Crippen LogP contribution in [0.25, 0.3) is 10.9 Å². The Morgan fingerprint density at radius 3 is 2.67 bits per heavy atom. The van der Waals surface area contributed by atoms with Gasteiger partial charge in [-0.15, -0.1) is 0 Å². The number of benzene rings is 1. The first-order chi connectivity index (χ1) is 8.65. The Morgan fingerprint density at radius 1 is 1.28 bits per heavy atom. The van der Waals surface area contributed by atoms with E-state index in [1.54, 1.807) is 22.8 Å². The molecule has 0 amide bonds. The summed E-state index contributed by atoms with van der Waals surface area (Å²) >= 11 is 0. The number of aryl methyl sites for hydroxylation is 1. The number of aliphatic hydroxyl groups is 1. The van der Waals surface area contributed by atoms with E-state index in [0.29, 0.717) is 18.4 Å². The minimum atomic E-state index is -1.71. The fourth-order valence-electron chi connectivity index (χ4n) is 1.96. The number of rotatable bonds is 5. The third-order valence-electron chi connectivity index (χ3n) is 2.78. The molecule has 0 aliphatic heterocycles. The molecule has 0 aliphatic rings. The Kier molecular flexibility index (Phi) is 3.43. The van der Waals surface area contributed by atoms with Crippen molar-refractivity contribution in [2.45, 2.75) is 13.0 Å². The fraction of sp³-hybridized carbons (Fsp3) is 0.231. The van der Waals surface area contributed by atoms with Crippen LogP contribution in [0.3, 0.4) is 0 Å². The quantitative estimate of drug-likeness (QED) is 0.592. The van der Waals surface area contributed by atoms with Crippen LogP contribution < -0.4 is 5.11 Å². The lowest BCUT2D eigenvalue weighted by Crippen LogP contribution is -2.31. The zero-order valence-corrected chi connectivity index (χ0v) is 9.63. The minimum absolute atomic E-state index is 0.0380.